The Bertz CT molecular complexity index is 767. The summed E-state index contributed by atoms with van der Waals surface area (Å²) in [6, 6.07) is 0.290. The number of rotatable bonds is 6. The molecule has 0 aliphatic heterocycles. The van der Waals surface area contributed by atoms with E-state index in [4.69, 9.17) is 0 Å². The van der Waals surface area contributed by atoms with Gasteiger partial charge in [-0.3, -0.25) is 9.58 Å². The molecule has 2 aromatic heterocycles. The number of carboxylic acids is 1. The maximum Gasteiger partial charge on any atom is 0.356 e. The number of allylic oxidation sites excluding steroid dienone is 1. The van der Waals surface area contributed by atoms with Gasteiger partial charge in [-0.25, -0.2) is 4.79 Å². The number of carboxylic acid groups (broad SMARTS) is 1. The lowest BCUT2D eigenvalue weighted by Gasteiger charge is -2.31. The summed E-state index contributed by atoms with van der Waals surface area (Å²) in [5, 5.41) is 17.8. The number of aromatic carboxylic acids is 1. The molecule has 0 unspecified atom stereocenters. The molecule has 7 nitrogen and oxygen atoms in total. The Hall–Kier alpha value is -2.06. The normalized spacial score (nSPS) is 17.0. The van der Waals surface area contributed by atoms with E-state index < -0.39 is 5.97 Å². The third-order valence-corrected chi connectivity index (χ3v) is 5.40. The molecule has 128 valence electrons. The summed E-state index contributed by atoms with van der Waals surface area (Å²) in [4.78, 5) is 15.0. The Morgan fingerprint density at radius 2 is 2.38 bits per heavy atom. The molecular weight excluding hydrogens is 326 g/mol. The lowest BCUT2D eigenvalue weighted by atomic mass is 9.90. The van der Waals surface area contributed by atoms with Crippen molar-refractivity contribution in [2.24, 2.45) is 0 Å². The Balaban J connectivity index is 1.81. The smallest absolute Gasteiger partial charge is 0.356 e. The Labute approximate surface area is 144 Å². The largest absolute Gasteiger partial charge is 0.476 e. The van der Waals surface area contributed by atoms with Crippen molar-refractivity contribution in [1.82, 2.24) is 24.3 Å². The predicted octanol–water partition coefficient (Wildman–Crippen LogP) is 1.92. The van der Waals surface area contributed by atoms with Gasteiger partial charge in [-0.2, -0.15) is 5.10 Å². The minimum absolute atomic E-state index is 0.181. The number of likely N-dealkylation sites (N-methyl/N-ethyl adjacent to an activating group) is 1. The van der Waals surface area contributed by atoms with E-state index in [1.165, 1.54) is 11.5 Å². The van der Waals surface area contributed by atoms with Gasteiger partial charge in [0.2, 0.25) is 0 Å². The zero-order valence-corrected chi connectivity index (χ0v) is 14.7. The minimum Gasteiger partial charge on any atom is -0.476 e. The molecule has 1 atom stereocenters. The number of aromatic nitrogens is 4. The van der Waals surface area contributed by atoms with E-state index >= 15 is 0 Å². The van der Waals surface area contributed by atoms with Crippen LogP contribution in [0.2, 0.25) is 0 Å². The topological polar surface area (TPSA) is 84.1 Å². The van der Waals surface area contributed by atoms with Crippen LogP contribution in [0.5, 0.6) is 0 Å². The summed E-state index contributed by atoms with van der Waals surface area (Å²) in [7, 11) is 2.07. The second kappa shape index (κ2) is 6.82. The molecule has 0 saturated heterocycles. The van der Waals surface area contributed by atoms with Crippen LogP contribution in [0, 0.1) is 6.92 Å². The van der Waals surface area contributed by atoms with Crippen LogP contribution in [0.4, 0.5) is 0 Å². The van der Waals surface area contributed by atoms with Crippen LogP contribution in [-0.4, -0.2) is 48.4 Å². The van der Waals surface area contributed by atoms with Crippen molar-refractivity contribution in [2.45, 2.75) is 45.3 Å². The highest BCUT2D eigenvalue weighted by Gasteiger charge is 2.30. The second-order valence-electron chi connectivity index (χ2n) is 6.14. The van der Waals surface area contributed by atoms with Crippen LogP contribution < -0.4 is 0 Å². The van der Waals surface area contributed by atoms with Crippen LogP contribution >= 0.6 is 11.5 Å². The van der Waals surface area contributed by atoms with E-state index in [1.54, 1.807) is 10.8 Å². The third-order valence-electron chi connectivity index (χ3n) is 4.59. The molecule has 8 heteroatoms. The van der Waals surface area contributed by atoms with E-state index in [1.807, 2.05) is 6.92 Å². The highest BCUT2D eigenvalue weighted by atomic mass is 32.1. The fourth-order valence-corrected chi connectivity index (χ4v) is 3.94. The number of hydrogen-bond acceptors (Lipinski definition) is 6. The van der Waals surface area contributed by atoms with Crippen molar-refractivity contribution in [2.75, 3.05) is 7.05 Å². The monoisotopic (exact) mass is 347 g/mol. The molecule has 1 N–H and O–H groups in total. The average Bonchev–Trinajstić information content (AvgIpc) is 3.12. The summed E-state index contributed by atoms with van der Waals surface area (Å²) in [5.41, 5.74) is 3.05. The highest BCUT2D eigenvalue weighted by molar-refractivity contribution is 7.05. The fraction of sp³-hybridized carbons (Fsp3) is 0.500. The highest BCUT2D eigenvalue weighted by Crippen LogP contribution is 2.28. The first-order valence-electron chi connectivity index (χ1n) is 7.92. The van der Waals surface area contributed by atoms with Crippen molar-refractivity contribution in [3.63, 3.8) is 0 Å². The zero-order valence-electron chi connectivity index (χ0n) is 13.9. The van der Waals surface area contributed by atoms with Crippen LogP contribution in [0.3, 0.4) is 0 Å². The van der Waals surface area contributed by atoms with Gasteiger partial charge in [0.15, 0.2) is 5.69 Å². The lowest BCUT2D eigenvalue weighted by Crippen LogP contribution is -2.36. The van der Waals surface area contributed by atoms with Gasteiger partial charge in [0.25, 0.3) is 0 Å². The maximum absolute atomic E-state index is 11.5. The van der Waals surface area contributed by atoms with Crippen molar-refractivity contribution in [3.8, 4) is 0 Å². The third kappa shape index (κ3) is 3.11. The molecular formula is C16H21N5O2S. The van der Waals surface area contributed by atoms with Crippen LogP contribution in [0.25, 0.3) is 0 Å². The first kappa shape index (κ1) is 16.8. The van der Waals surface area contributed by atoms with Gasteiger partial charge in [0, 0.05) is 23.8 Å². The molecule has 0 amide bonds. The lowest BCUT2D eigenvalue weighted by molar-refractivity contribution is 0.0687. The van der Waals surface area contributed by atoms with Gasteiger partial charge in [-0.1, -0.05) is 10.6 Å². The van der Waals surface area contributed by atoms with Gasteiger partial charge in [-0.15, -0.1) is 11.7 Å². The van der Waals surface area contributed by atoms with E-state index in [0.717, 1.165) is 41.2 Å². The number of fused-ring (bicyclic) bond motifs is 1. The maximum atomic E-state index is 11.5. The Kier molecular flexibility index (Phi) is 4.77. The Morgan fingerprint density at radius 3 is 3.00 bits per heavy atom. The van der Waals surface area contributed by atoms with Crippen molar-refractivity contribution in [1.29, 1.82) is 0 Å². The Morgan fingerprint density at radius 1 is 1.58 bits per heavy atom. The molecule has 2 aromatic rings. The van der Waals surface area contributed by atoms with Gasteiger partial charge >= 0.3 is 5.97 Å². The second-order valence-corrected chi connectivity index (χ2v) is 6.98. The van der Waals surface area contributed by atoms with Crippen LogP contribution in [-0.2, 0) is 25.9 Å². The van der Waals surface area contributed by atoms with Gasteiger partial charge in [0.05, 0.1) is 17.1 Å². The number of aryl methyl sites for hydroxylation is 1. The van der Waals surface area contributed by atoms with E-state index in [0.29, 0.717) is 19.0 Å². The molecule has 0 spiro atoms. The summed E-state index contributed by atoms with van der Waals surface area (Å²) >= 11 is 1.42. The molecule has 1 aliphatic carbocycles. The summed E-state index contributed by atoms with van der Waals surface area (Å²) in [6.07, 6.45) is 4.27. The molecule has 1 aliphatic rings. The van der Waals surface area contributed by atoms with Crippen LogP contribution in [0.1, 0.15) is 38.7 Å². The molecule has 24 heavy (non-hydrogen) atoms. The summed E-state index contributed by atoms with van der Waals surface area (Å²) in [6.45, 7) is 7.02. The minimum atomic E-state index is -0.958. The molecule has 0 bridgehead atoms. The number of carbonyl (C=O) groups is 1. The van der Waals surface area contributed by atoms with Crippen molar-refractivity contribution >= 4 is 17.5 Å². The molecule has 3 rings (SSSR count). The molecule has 0 fully saturated rings. The summed E-state index contributed by atoms with van der Waals surface area (Å²) in [5.74, 6) is -0.958. The molecule has 0 radical (unpaired) electrons. The van der Waals surface area contributed by atoms with Gasteiger partial charge in [0.1, 0.15) is 0 Å². The molecule has 0 aromatic carbocycles. The molecule has 0 saturated carbocycles. The summed E-state index contributed by atoms with van der Waals surface area (Å²) < 4.78 is 5.76. The first-order chi connectivity index (χ1) is 11.5. The average molecular weight is 347 g/mol. The van der Waals surface area contributed by atoms with E-state index in [2.05, 4.69) is 33.2 Å². The number of hydrogen-bond donors (Lipinski definition) is 1. The molecule has 2 heterocycles. The quantitative estimate of drug-likeness (QED) is 0.804. The number of nitrogens with zero attached hydrogens (tertiary/aromatic N) is 5. The standard InChI is InChI=1S/C16H21N5O2S/c1-4-7-21-13-6-5-11(8-12(13)15(18-21)16(22)23)20(3)9-14-10(2)17-19-24-14/h4,11H,1,5-9H2,2-3H3,(H,22,23)/t11-/m1/s1. The predicted molar refractivity (Wildman–Crippen MR) is 91.3 cm³/mol. The van der Waals surface area contributed by atoms with Crippen molar-refractivity contribution in [3.05, 3.63) is 40.2 Å². The van der Waals surface area contributed by atoms with Crippen LogP contribution in [0.15, 0.2) is 12.7 Å². The van der Waals surface area contributed by atoms with Gasteiger partial charge in [-0.05, 0) is 44.8 Å². The van der Waals surface area contributed by atoms with Gasteiger partial charge < -0.3 is 5.11 Å². The fourth-order valence-electron chi connectivity index (χ4n) is 3.24. The van der Waals surface area contributed by atoms with E-state index in [-0.39, 0.29) is 5.69 Å². The van der Waals surface area contributed by atoms with Crippen molar-refractivity contribution < 1.29 is 9.90 Å². The zero-order chi connectivity index (χ0) is 17.3. The SMILES string of the molecule is C=CCn1nc(C(=O)O)c2c1CC[C@@H](N(C)Cc1snnc1C)C2. The van der Waals surface area contributed by atoms with E-state index in [9.17, 15) is 9.90 Å². The first-order valence-corrected chi connectivity index (χ1v) is 8.69.